The van der Waals surface area contributed by atoms with E-state index in [0.29, 0.717) is 28.0 Å². The van der Waals surface area contributed by atoms with Gasteiger partial charge < -0.3 is 15.7 Å². The number of hydrogen-bond donors (Lipinski definition) is 3. The first-order chi connectivity index (χ1) is 15.0. The maximum atomic E-state index is 12.4. The summed E-state index contributed by atoms with van der Waals surface area (Å²) in [5.74, 6) is -0.675. The van der Waals surface area contributed by atoms with Gasteiger partial charge >= 0.3 is 5.97 Å². The van der Waals surface area contributed by atoms with Crippen LogP contribution in [0.4, 0.5) is 11.5 Å². The molecule has 154 valence electrons. The predicted octanol–water partition coefficient (Wildman–Crippen LogP) is 4.75. The van der Waals surface area contributed by atoms with E-state index in [-0.39, 0.29) is 17.5 Å². The van der Waals surface area contributed by atoms with Crippen molar-refractivity contribution in [3.05, 3.63) is 95.8 Å². The zero-order valence-electron chi connectivity index (χ0n) is 16.7. The minimum atomic E-state index is -1.04. The van der Waals surface area contributed by atoms with E-state index in [1.54, 1.807) is 24.3 Å². The molecule has 1 amide bonds. The Kier molecular flexibility index (Phi) is 5.57. The minimum absolute atomic E-state index is 0.126. The van der Waals surface area contributed by atoms with Gasteiger partial charge in [0, 0.05) is 16.6 Å². The molecule has 0 fully saturated rings. The zero-order valence-corrected chi connectivity index (χ0v) is 16.7. The standard InChI is InChI=1S/C24H20N4O3/c1-15(27-22-19-11-6-12-20(24(30)31)21(19)25-14-26-22)17-9-5-10-18(13-17)28-23(29)16-7-3-2-4-8-16/h2-15H,1H3,(H,28,29)(H,30,31)(H,25,26,27). The van der Waals surface area contributed by atoms with E-state index >= 15 is 0 Å². The lowest BCUT2D eigenvalue weighted by atomic mass is 10.1. The highest BCUT2D eigenvalue weighted by atomic mass is 16.4. The third kappa shape index (κ3) is 4.35. The summed E-state index contributed by atoms with van der Waals surface area (Å²) in [6, 6.07) is 21.4. The smallest absolute Gasteiger partial charge is 0.337 e. The van der Waals surface area contributed by atoms with Gasteiger partial charge in [0.2, 0.25) is 0 Å². The monoisotopic (exact) mass is 412 g/mol. The molecule has 7 heteroatoms. The summed E-state index contributed by atoms with van der Waals surface area (Å²) in [4.78, 5) is 32.3. The molecule has 0 aliphatic rings. The van der Waals surface area contributed by atoms with Gasteiger partial charge in [0.05, 0.1) is 17.1 Å². The summed E-state index contributed by atoms with van der Waals surface area (Å²) in [5, 5.41) is 16.3. The second kappa shape index (κ2) is 8.62. The number of fused-ring (bicyclic) bond motifs is 1. The van der Waals surface area contributed by atoms with Crippen LogP contribution in [0.2, 0.25) is 0 Å². The first kappa shape index (κ1) is 20.0. The van der Waals surface area contributed by atoms with Crippen LogP contribution in [0.25, 0.3) is 10.9 Å². The number of anilines is 2. The first-order valence-corrected chi connectivity index (χ1v) is 9.73. The summed E-state index contributed by atoms with van der Waals surface area (Å²) >= 11 is 0. The number of carbonyl (C=O) groups is 2. The van der Waals surface area contributed by atoms with Crippen molar-refractivity contribution >= 4 is 34.3 Å². The highest BCUT2D eigenvalue weighted by Gasteiger charge is 2.15. The number of carbonyl (C=O) groups excluding carboxylic acids is 1. The number of carboxylic acids is 1. The maximum absolute atomic E-state index is 12.4. The predicted molar refractivity (Wildman–Crippen MR) is 119 cm³/mol. The number of nitrogens with one attached hydrogen (secondary N) is 2. The third-order valence-electron chi connectivity index (χ3n) is 4.93. The Bertz CT molecular complexity index is 1260. The van der Waals surface area contributed by atoms with Crippen LogP contribution in [0.1, 0.15) is 39.2 Å². The minimum Gasteiger partial charge on any atom is -0.478 e. The van der Waals surface area contributed by atoms with E-state index in [0.717, 1.165) is 5.56 Å². The van der Waals surface area contributed by atoms with Gasteiger partial charge in [0.15, 0.2) is 0 Å². The molecular weight excluding hydrogens is 392 g/mol. The number of amides is 1. The van der Waals surface area contributed by atoms with Crippen molar-refractivity contribution in [3.8, 4) is 0 Å². The Morgan fingerprint density at radius 3 is 2.48 bits per heavy atom. The van der Waals surface area contributed by atoms with Crippen molar-refractivity contribution in [3.63, 3.8) is 0 Å². The van der Waals surface area contributed by atoms with E-state index in [1.165, 1.54) is 12.4 Å². The van der Waals surface area contributed by atoms with E-state index in [4.69, 9.17) is 0 Å². The van der Waals surface area contributed by atoms with Crippen LogP contribution in [-0.4, -0.2) is 27.0 Å². The zero-order chi connectivity index (χ0) is 21.8. The number of carboxylic acid groups (broad SMARTS) is 1. The lowest BCUT2D eigenvalue weighted by Crippen LogP contribution is -2.13. The molecule has 0 saturated carbocycles. The molecule has 1 heterocycles. The van der Waals surface area contributed by atoms with Crippen molar-refractivity contribution in [1.29, 1.82) is 0 Å². The Balaban J connectivity index is 1.56. The van der Waals surface area contributed by atoms with Crippen molar-refractivity contribution in [2.45, 2.75) is 13.0 Å². The van der Waals surface area contributed by atoms with Crippen LogP contribution in [0, 0.1) is 0 Å². The van der Waals surface area contributed by atoms with Crippen molar-refractivity contribution in [2.24, 2.45) is 0 Å². The first-order valence-electron chi connectivity index (χ1n) is 9.73. The molecular formula is C24H20N4O3. The average molecular weight is 412 g/mol. The maximum Gasteiger partial charge on any atom is 0.337 e. The van der Waals surface area contributed by atoms with Gasteiger partial charge in [-0.05, 0) is 48.9 Å². The van der Waals surface area contributed by atoms with E-state index in [2.05, 4.69) is 20.6 Å². The van der Waals surface area contributed by atoms with Gasteiger partial charge in [-0.15, -0.1) is 0 Å². The fourth-order valence-electron chi connectivity index (χ4n) is 3.34. The van der Waals surface area contributed by atoms with Crippen LogP contribution in [-0.2, 0) is 0 Å². The quantitative estimate of drug-likeness (QED) is 0.422. The number of aromatic nitrogens is 2. The lowest BCUT2D eigenvalue weighted by molar-refractivity contribution is 0.0698. The highest BCUT2D eigenvalue weighted by Crippen LogP contribution is 2.27. The molecule has 0 spiro atoms. The molecule has 0 aliphatic carbocycles. The van der Waals surface area contributed by atoms with Gasteiger partial charge in [-0.2, -0.15) is 0 Å². The second-order valence-corrected chi connectivity index (χ2v) is 7.04. The molecule has 0 radical (unpaired) electrons. The summed E-state index contributed by atoms with van der Waals surface area (Å²) in [6.45, 7) is 1.97. The summed E-state index contributed by atoms with van der Waals surface area (Å²) in [7, 11) is 0. The van der Waals surface area contributed by atoms with Gasteiger partial charge in [0.25, 0.3) is 5.91 Å². The van der Waals surface area contributed by atoms with Crippen LogP contribution in [0.15, 0.2) is 79.1 Å². The largest absolute Gasteiger partial charge is 0.478 e. The molecule has 1 atom stereocenters. The molecule has 3 N–H and O–H groups in total. The Hall–Kier alpha value is -4.26. The molecule has 31 heavy (non-hydrogen) atoms. The second-order valence-electron chi connectivity index (χ2n) is 7.04. The number of rotatable bonds is 6. The van der Waals surface area contributed by atoms with Gasteiger partial charge in [-0.25, -0.2) is 14.8 Å². The van der Waals surface area contributed by atoms with Gasteiger partial charge in [-0.1, -0.05) is 36.4 Å². The molecule has 4 rings (SSSR count). The van der Waals surface area contributed by atoms with Crippen LogP contribution < -0.4 is 10.6 Å². The molecule has 0 saturated heterocycles. The highest BCUT2D eigenvalue weighted by molar-refractivity contribution is 6.05. The fraction of sp³-hybridized carbons (Fsp3) is 0.0833. The van der Waals surface area contributed by atoms with Crippen molar-refractivity contribution in [1.82, 2.24) is 9.97 Å². The molecule has 0 aliphatic heterocycles. The van der Waals surface area contributed by atoms with Gasteiger partial charge in [-0.3, -0.25) is 4.79 Å². The third-order valence-corrected chi connectivity index (χ3v) is 4.93. The van der Waals surface area contributed by atoms with E-state index in [9.17, 15) is 14.7 Å². The van der Waals surface area contributed by atoms with Crippen LogP contribution in [0.3, 0.4) is 0 Å². The summed E-state index contributed by atoms with van der Waals surface area (Å²) in [5.41, 5.74) is 2.71. The Morgan fingerprint density at radius 1 is 0.935 bits per heavy atom. The van der Waals surface area contributed by atoms with Crippen LogP contribution >= 0.6 is 0 Å². The number of hydrogen-bond acceptors (Lipinski definition) is 5. The molecule has 3 aromatic carbocycles. The Morgan fingerprint density at radius 2 is 1.71 bits per heavy atom. The van der Waals surface area contributed by atoms with Crippen LogP contribution in [0.5, 0.6) is 0 Å². The van der Waals surface area contributed by atoms with E-state index in [1.807, 2.05) is 49.4 Å². The summed E-state index contributed by atoms with van der Waals surface area (Å²) < 4.78 is 0. The van der Waals surface area contributed by atoms with Crippen molar-refractivity contribution < 1.29 is 14.7 Å². The number of aromatic carboxylic acids is 1. The number of benzene rings is 3. The van der Waals surface area contributed by atoms with Gasteiger partial charge in [0.1, 0.15) is 12.1 Å². The summed E-state index contributed by atoms with van der Waals surface area (Å²) in [6.07, 6.45) is 1.35. The topological polar surface area (TPSA) is 104 Å². The fourth-order valence-corrected chi connectivity index (χ4v) is 3.34. The normalized spacial score (nSPS) is 11.6. The molecule has 1 aromatic heterocycles. The Labute approximate surface area is 178 Å². The van der Waals surface area contributed by atoms with Crippen molar-refractivity contribution in [2.75, 3.05) is 10.6 Å². The molecule has 7 nitrogen and oxygen atoms in total. The SMILES string of the molecule is CC(Nc1ncnc2c(C(=O)O)cccc12)c1cccc(NC(=O)c2ccccc2)c1. The van der Waals surface area contributed by atoms with E-state index < -0.39 is 5.97 Å². The molecule has 0 bridgehead atoms. The number of nitrogens with zero attached hydrogens (tertiary/aromatic N) is 2. The lowest BCUT2D eigenvalue weighted by Gasteiger charge is -2.17. The molecule has 4 aromatic rings. The average Bonchev–Trinajstić information content (AvgIpc) is 2.79. The number of para-hydroxylation sites is 1. The molecule has 1 unspecified atom stereocenters.